The lowest BCUT2D eigenvalue weighted by Gasteiger charge is -2.09. The van der Waals surface area contributed by atoms with Gasteiger partial charge in [0, 0.05) is 23.9 Å². The standard InChI is InChI=1S/C21H22N4/c1-13(2)15-8-9-18-19(11-15)24-20(23-18)10-14(3)21-22-12-16-6-4-5-7-17(16)25-21/h4-9,11-14H,10H2,1-3H3,(H,23,24). The fourth-order valence-corrected chi connectivity index (χ4v) is 3.14. The highest BCUT2D eigenvalue weighted by atomic mass is 14.9. The molecule has 25 heavy (non-hydrogen) atoms. The van der Waals surface area contributed by atoms with E-state index in [0.29, 0.717) is 5.92 Å². The van der Waals surface area contributed by atoms with Gasteiger partial charge in [-0.25, -0.2) is 15.0 Å². The van der Waals surface area contributed by atoms with Gasteiger partial charge >= 0.3 is 0 Å². The fourth-order valence-electron chi connectivity index (χ4n) is 3.14. The zero-order valence-electron chi connectivity index (χ0n) is 14.8. The molecule has 4 aromatic rings. The molecule has 4 heteroatoms. The van der Waals surface area contributed by atoms with Gasteiger partial charge < -0.3 is 4.98 Å². The van der Waals surface area contributed by atoms with Gasteiger partial charge in [0.05, 0.1) is 16.6 Å². The van der Waals surface area contributed by atoms with E-state index in [4.69, 9.17) is 9.97 Å². The third-order valence-corrected chi connectivity index (χ3v) is 4.67. The van der Waals surface area contributed by atoms with Gasteiger partial charge in [0.1, 0.15) is 11.6 Å². The second-order valence-corrected chi connectivity index (χ2v) is 7.01. The van der Waals surface area contributed by atoms with Crippen LogP contribution in [0.4, 0.5) is 0 Å². The van der Waals surface area contributed by atoms with Crippen molar-refractivity contribution < 1.29 is 0 Å². The smallest absolute Gasteiger partial charge is 0.132 e. The molecule has 126 valence electrons. The summed E-state index contributed by atoms with van der Waals surface area (Å²) in [7, 11) is 0. The number of fused-ring (bicyclic) bond motifs is 2. The molecule has 2 aromatic heterocycles. The highest BCUT2D eigenvalue weighted by molar-refractivity contribution is 5.77. The highest BCUT2D eigenvalue weighted by Gasteiger charge is 2.14. The molecule has 0 bridgehead atoms. The third kappa shape index (κ3) is 3.12. The molecule has 0 spiro atoms. The molecular weight excluding hydrogens is 308 g/mol. The number of nitrogens with one attached hydrogen (secondary N) is 1. The van der Waals surface area contributed by atoms with Crippen LogP contribution in [0.15, 0.2) is 48.7 Å². The number of H-pyrrole nitrogens is 1. The molecule has 0 saturated heterocycles. The van der Waals surface area contributed by atoms with Crippen LogP contribution in [0, 0.1) is 0 Å². The summed E-state index contributed by atoms with van der Waals surface area (Å²) in [6.45, 7) is 6.56. The quantitative estimate of drug-likeness (QED) is 0.574. The van der Waals surface area contributed by atoms with E-state index in [2.05, 4.69) is 48.9 Å². The molecule has 1 N–H and O–H groups in total. The number of benzene rings is 2. The normalized spacial score (nSPS) is 13.0. The van der Waals surface area contributed by atoms with Crippen molar-refractivity contribution in [2.75, 3.05) is 0 Å². The lowest BCUT2D eigenvalue weighted by atomic mass is 10.0. The molecule has 0 aliphatic carbocycles. The van der Waals surface area contributed by atoms with Gasteiger partial charge in [-0.05, 0) is 29.7 Å². The predicted octanol–water partition coefficient (Wildman–Crippen LogP) is 4.98. The molecule has 0 amide bonds. The van der Waals surface area contributed by atoms with Crippen molar-refractivity contribution in [1.82, 2.24) is 19.9 Å². The van der Waals surface area contributed by atoms with E-state index in [9.17, 15) is 0 Å². The lowest BCUT2D eigenvalue weighted by molar-refractivity contribution is 0.681. The van der Waals surface area contributed by atoms with E-state index < -0.39 is 0 Å². The number of nitrogens with zero attached hydrogens (tertiary/aromatic N) is 3. The van der Waals surface area contributed by atoms with Crippen LogP contribution in [0.25, 0.3) is 21.9 Å². The van der Waals surface area contributed by atoms with Crippen molar-refractivity contribution >= 4 is 21.9 Å². The summed E-state index contributed by atoms with van der Waals surface area (Å²) in [6, 6.07) is 14.5. The first kappa shape index (κ1) is 15.8. The second-order valence-electron chi connectivity index (χ2n) is 7.01. The van der Waals surface area contributed by atoms with E-state index in [1.165, 1.54) is 5.56 Å². The zero-order valence-corrected chi connectivity index (χ0v) is 14.8. The molecule has 0 aliphatic heterocycles. The molecular formula is C21H22N4. The Morgan fingerprint density at radius 3 is 2.64 bits per heavy atom. The van der Waals surface area contributed by atoms with Crippen molar-refractivity contribution in [1.29, 1.82) is 0 Å². The van der Waals surface area contributed by atoms with Crippen molar-refractivity contribution in [2.24, 2.45) is 0 Å². The van der Waals surface area contributed by atoms with E-state index in [1.807, 2.05) is 30.5 Å². The van der Waals surface area contributed by atoms with Crippen molar-refractivity contribution in [2.45, 2.75) is 39.0 Å². The van der Waals surface area contributed by atoms with Gasteiger partial charge in [0.15, 0.2) is 0 Å². The number of aromatic amines is 1. The average Bonchev–Trinajstić information content (AvgIpc) is 3.02. The van der Waals surface area contributed by atoms with Gasteiger partial charge in [-0.3, -0.25) is 0 Å². The molecule has 4 nitrogen and oxygen atoms in total. The summed E-state index contributed by atoms with van der Waals surface area (Å²) in [6.07, 6.45) is 2.70. The van der Waals surface area contributed by atoms with Gasteiger partial charge in [-0.1, -0.05) is 45.0 Å². The molecule has 2 heterocycles. The summed E-state index contributed by atoms with van der Waals surface area (Å²) in [5, 5.41) is 1.07. The predicted molar refractivity (Wildman–Crippen MR) is 102 cm³/mol. The first-order valence-electron chi connectivity index (χ1n) is 8.80. The van der Waals surface area contributed by atoms with E-state index in [1.54, 1.807) is 0 Å². The van der Waals surface area contributed by atoms with Crippen molar-refractivity contribution in [3.63, 3.8) is 0 Å². The van der Waals surface area contributed by atoms with Crippen LogP contribution < -0.4 is 0 Å². The Morgan fingerprint density at radius 2 is 1.80 bits per heavy atom. The summed E-state index contributed by atoms with van der Waals surface area (Å²) >= 11 is 0. The Bertz CT molecular complexity index is 1030. The minimum Gasteiger partial charge on any atom is -0.342 e. The SMILES string of the molecule is CC(C)c1ccc2nc(CC(C)c3ncc4ccccc4n3)[nH]c2c1. The van der Waals surface area contributed by atoms with Crippen LogP contribution in [-0.4, -0.2) is 19.9 Å². The van der Waals surface area contributed by atoms with Gasteiger partial charge in [0.2, 0.25) is 0 Å². The van der Waals surface area contributed by atoms with E-state index in [0.717, 1.165) is 40.0 Å². The zero-order chi connectivity index (χ0) is 17.4. The van der Waals surface area contributed by atoms with Gasteiger partial charge in [-0.2, -0.15) is 0 Å². The van der Waals surface area contributed by atoms with Gasteiger partial charge in [-0.15, -0.1) is 0 Å². The number of para-hydroxylation sites is 1. The highest BCUT2D eigenvalue weighted by Crippen LogP contribution is 2.23. The number of aromatic nitrogens is 4. The van der Waals surface area contributed by atoms with E-state index >= 15 is 0 Å². The first-order valence-corrected chi connectivity index (χ1v) is 8.80. The Kier molecular flexibility index (Phi) is 3.96. The Morgan fingerprint density at radius 1 is 0.960 bits per heavy atom. The molecule has 0 radical (unpaired) electrons. The molecule has 0 saturated carbocycles. The molecule has 1 atom stereocenters. The van der Waals surface area contributed by atoms with Crippen LogP contribution in [0.2, 0.25) is 0 Å². The Balaban J connectivity index is 1.60. The van der Waals surface area contributed by atoms with Crippen LogP contribution in [0.1, 0.15) is 49.8 Å². The maximum atomic E-state index is 4.73. The Labute approximate surface area is 147 Å². The van der Waals surface area contributed by atoms with Crippen LogP contribution in [-0.2, 0) is 6.42 Å². The molecule has 0 aliphatic rings. The number of hydrogen-bond acceptors (Lipinski definition) is 3. The van der Waals surface area contributed by atoms with Crippen LogP contribution in [0.5, 0.6) is 0 Å². The molecule has 4 rings (SSSR count). The van der Waals surface area contributed by atoms with Crippen LogP contribution >= 0.6 is 0 Å². The third-order valence-electron chi connectivity index (χ3n) is 4.67. The van der Waals surface area contributed by atoms with E-state index in [-0.39, 0.29) is 5.92 Å². The molecule has 2 aromatic carbocycles. The number of imidazole rings is 1. The summed E-state index contributed by atoms with van der Waals surface area (Å²) < 4.78 is 0. The lowest BCUT2D eigenvalue weighted by Crippen LogP contribution is -2.05. The monoisotopic (exact) mass is 330 g/mol. The minimum absolute atomic E-state index is 0.203. The average molecular weight is 330 g/mol. The Hall–Kier alpha value is -2.75. The topological polar surface area (TPSA) is 54.5 Å². The summed E-state index contributed by atoms with van der Waals surface area (Å²) in [5.41, 5.74) is 4.44. The number of hydrogen-bond donors (Lipinski definition) is 1. The summed E-state index contributed by atoms with van der Waals surface area (Å²) in [5.74, 6) is 2.57. The van der Waals surface area contributed by atoms with Crippen molar-refractivity contribution in [3.8, 4) is 0 Å². The van der Waals surface area contributed by atoms with Crippen LogP contribution in [0.3, 0.4) is 0 Å². The second kappa shape index (κ2) is 6.28. The first-order chi connectivity index (χ1) is 12.1. The van der Waals surface area contributed by atoms with Gasteiger partial charge in [0.25, 0.3) is 0 Å². The molecule has 1 unspecified atom stereocenters. The van der Waals surface area contributed by atoms with Crippen molar-refractivity contribution in [3.05, 3.63) is 65.9 Å². The minimum atomic E-state index is 0.203. The number of rotatable bonds is 4. The maximum Gasteiger partial charge on any atom is 0.132 e. The summed E-state index contributed by atoms with van der Waals surface area (Å²) in [4.78, 5) is 17.4. The largest absolute Gasteiger partial charge is 0.342 e. The maximum absolute atomic E-state index is 4.73. The molecule has 0 fully saturated rings. The fraction of sp³-hybridized carbons (Fsp3) is 0.286.